The molecule has 0 spiro atoms. The molecule has 0 aliphatic rings. The highest BCUT2D eigenvalue weighted by molar-refractivity contribution is 6.30. The number of rotatable bonds is 7. The Morgan fingerprint density at radius 1 is 1.17 bits per heavy atom. The van der Waals surface area contributed by atoms with Crippen molar-refractivity contribution in [3.8, 4) is 0 Å². The van der Waals surface area contributed by atoms with Crippen molar-refractivity contribution in [2.75, 3.05) is 20.1 Å². The van der Waals surface area contributed by atoms with Crippen molar-refractivity contribution in [1.29, 1.82) is 0 Å². The Balaban J connectivity index is 1.75. The van der Waals surface area contributed by atoms with Gasteiger partial charge < -0.3 is 10.4 Å². The summed E-state index contributed by atoms with van der Waals surface area (Å²) >= 11 is 5.81. The van der Waals surface area contributed by atoms with Crippen molar-refractivity contribution in [2.24, 2.45) is 0 Å². The van der Waals surface area contributed by atoms with Gasteiger partial charge in [0.15, 0.2) is 0 Å². The number of hydrogen-bond donors (Lipinski definition) is 2. The van der Waals surface area contributed by atoms with Gasteiger partial charge in [-0.15, -0.1) is 0 Å². The molecule has 5 heteroatoms. The monoisotopic (exact) mass is 332 g/mol. The van der Waals surface area contributed by atoms with Gasteiger partial charge in [-0.1, -0.05) is 54.1 Å². The normalized spacial score (nSPS) is 12.2. The molecule has 23 heavy (non-hydrogen) atoms. The fourth-order valence-electron chi connectivity index (χ4n) is 2.27. The molecular weight excluding hydrogens is 312 g/mol. The van der Waals surface area contributed by atoms with E-state index in [0.717, 1.165) is 11.1 Å². The summed E-state index contributed by atoms with van der Waals surface area (Å²) in [5.41, 5.74) is 1.89. The Kier molecular flexibility index (Phi) is 6.59. The zero-order valence-corrected chi connectivity index (χ0v) is 13.8. The lowest BCUT2D eigenvalue weighted by Crippen LogP contribution is -2.36. The minimum atomic E-state index is -0.740. The average Bonchev–Trinajstić information content (AvgIpc) is 2.54. The first kappa shape index (κ1) is 17.5. The fourth-order valence-corrected chi connectivity index (χ4v) is 2.39. The maximum Gasteiger partial charge on any atom is 0.234 e. The van der Waals surface area contributed by atoms with Crippen LogP contribution in [0.25, 0.3) is 0 Å². The van der Waals surface area contributed by atoms with Crippen molar-refractivity contribution < 1.29 is 9.90 Å². The topological polar surface area (TPSA) is 52.6 Å². The Morgan fingerprint density at radius 3 is 2.48 bits per heavy atom. The molecule has 0 saturated carbocycles. The average molecular weight is 333 g/mol. The van der Waals surface area contributed by atoms with E-state index in [9.17, 15) is 9.90 Å². The molecule has 0 aliphatic carbocycles. The summed E-state index contributed by atoms with van der Waals surface area (Å²) in [4.78, 5) is 13.9. The van der Waals surface area contributed by atoms with Crippen LogP contribution in [-0.2, 0) is 11.3 Å². The zero-order valence-electron chi connectivity index (χ0n) is 13.1. The number of hydrogen-bond acceptors (Lipinski definition) is 3. The Morgan fingerprint density at radius 2 is 1.83 bits per heavy atom. The maximum atomic E-state index is 11.9. The molecule has 0 aliphatic heterocycles. The zero-order chi connectivity index (χ0) is 16.7. The van der Waals surface area contributed by atoms with E-state index in [1.807, 2.05) is 42.3 Å². The molecule has 2 aromatic rings. The number of aliphatic hydroxyl groups is 1. The largest absolute Gasteiger partial charge is 0.387 e. The second-order valence-electron chi connectivity index (χ2n) is 5.53. The minimum Gasteiger partial charge on any atom is -0.387 e. The second-order valence-corrected chi connectivity index (χ2v) is 5.97. The lowest BCUT2D eigenvalue weighted by atomic mass is 10.1. The van der Waals surface area contributed by atoms with Crippen LogP contribution in [0.4, 0.5) is 0 Å². The predicted molar refractivity (Wildman–Crippen MR) is 92.2 cm³/mol. The van der Waals surface area contributed by atoms with Crippen molar-refractivity contribution in [2.45, 2.75) is 12.6 Å². The van der Waals surface area contributed by atoms with Gasteiger partial charge >= 0.3 is 0 Å². The van der Waals surface area contributed by atoms with Gasteiger partial charge in [0.25, 0.3) is 0 Å². The van der Waals surface area contributed by atoms with Crippen LogP contribution in [0.3, 0.4) is 0 Å². The summed E-state index contributed by atoms with van der Waals surface area (Å²) in [6.45, 7) is 1.16. The number of nitrogens with one attached hydrogen (secondary N) is 1. The quantitative estimate of drug-likeness (QED) is 0.819. The molecule has 0 radical (unpaired) electrons. The van der Waals surface area contributed by atoms with Gasteiger partial charge in [-0.2, -0.15) is 0 Å². The van der Waals surface area contributed by atoms with E-state index in [0.29, 0.717) is 11.6 Å². The number of carbonyl (C=O) groups is 1. The summed E-state index contributed by atoms with van der Waals surface area (Å²) < 4.78 is 0. The summed E-state index contributed by atoms with van der Waals surface area (Å²) in [7, 11) is 1.89. The van der Waals surface area contributed by atoms with Crippen molar-refractivity contribution in [3.05, 3.63) is 70.7 Å². The van der Waals surface area contributed by atoms with Crippen LogP contribution < -0.4 is 5.32 Å². The van der Waals surface area contributed by atoms with E-state index < -0.39 is 6.10 Å². The highest BCUT2D eigenvalue weighted by atomic mass is 35.5. The van der Waals surface area contributed by atoms with Gasteiger partial charge in [0.05, 0.1) is 12.6 Å². The van der Waals surface area contributed by atoms with Crippen LogP contribution >= 0.6 is 11.6 Å². The molecule has 0 heterocycles. The third-order valence-corrected chi connectivity index (χ3v) is 3.71. The molecule has 2 N–H and O–H groups in total. The van der Waals surface area contributed by atoms with Crippen LogP contribution in [0.5, 0.6) is 0 Å². The third kappa shape index (κ3) is 6.02. The first-order valence-corrected chi connectivity index (χ1v) is 7.85. The van der Waals surface area contributed by atoms with Gasteiger partial charge in [-0.25, -0.2) is 0 Å². The molecule has 122 valence electrons. The van der Waals surface area contributed by atoms with Crippen LogP contribution in [0.1, 0.15) is 17.2 Å². The minimum absolute atomic E-state index is 0.114. The van der Waals surface area contributed by atoms with Crippen molar-refractivity contribution in [1.82, 2.24) is 10.2 Å². The van der Waals surface area contributed by atoms with E-state index in [1.165, 1.54) is 0 Å². The predicted octanol–water partition coefficient (Wildman–Crippen LogP) is 2.62. The maximum absolute atomic E-state index is 11.9. The van der Waals surface area contributed by atoms with E-state index in [2.05, 4.69) is 5.32 Å². The molecule has 0 aromatic heterocycles. The van der Waals surface area contributed by atoms with Crippen LogP contribution in [-0.4, -0.2) is 36.1 Å². The number of benzene rings is 2. The Hall–Kier alpha value is -1.88. The van der Waals surface area contributed by atoms with E-state index in [4.69, 9.17) is 11.6 Å². The standard InChI is InChI=1S/C18H21ClN2O2/c1-21(12-14-5-3-2-4-6-14)13-18(23)20-11-17(22)15-7-9-16(19)10-8-15/h2-10,17,22H,11-13H2,1H3,(H,20,23). The molecule has 0 fully saturated rings. The molecule has 2 rings (SSSR count). The van der Waals surface area contributed by atoms with E-state index in [-0.39, 0.29) is 19.0 Å². The first-order chi connectivity index (χ1) is 11.0. The molecule has 1 unspecified atom stereocenters. The SMILES string of the molecule is CN(CC(=O)NCC(O)c1ccc(Cl)cc1)Cc1ccccc1. The van der Waals surface area contributed by atoms with Crippen LogP contribution in [0.2, 0.25) is 5.02 Å². The molecule has 1 amide bonds. The highest BCUT2D eigenvalue weighted by Crippen LogP contribution is 2.15. The van der Waals surface area contributed by atoms with Gasteiger partial charge in [0, 0.05) is 18.1 Å². The second kappa shape index (κ2) is 8.67. The molecule has 2 aromatic carbocycles. The lowest BCUT2D eigenvalue weighted by Gasteiger charge is -2.17. The molecule has 0 bridgehead atoms. The van der Waals surface area contributed by atoms with Gasteiger partial charge in [0.2, 0.25) is 5.91 Å². The number of amides is 1. The molecule has 1 atom stereocenters. The van der Waals surface area contributed by atoms with Gasteiger partial charge in [-0.05, 0) is 30.3 Å². The smallest absolute Gasteiger partial charge is 0.234 e. The van der Waals surface area contributed by atoms with Crippen molar-refractivity contribution in [3.63, 3.8) is 0 Å². The van der Waals surface area contributed by atoms with Crippen LogP contribution in [0, 0.1) is 0 Å². The molecular formula is C18H21ClN2O2. The van der Waals surface area contributed by atoms with Crippen molar-refractivity contribution >= 4 is 17.5 Å². The lowest BCUT2D eigenvalue weighted by molar-refractivity contribution is -0.122. The summed E-state index contributed by atoms with van der Waals surface area (Å²) in [5.74, 6) is -0.114. The number of carbonyl (C=O) groups excluding carboxylic acids is 1. The summed E-state index contributed by atoms with van der Waals surface area (Å²) in [6, 6.07) is 16.9. The van der Waals surface area contributed by atoms with E-state index >= 15 is 0 Å². The number of aliphatic hydroxyl groups excluding tert-OH is 1. The Bertz CT molecular complexity index is 617. The Labute approximate surface area is 141 Å². The number of likely N-dealkylation sites (N-methyl/N-ethyl adjacent to an activating group) is 1. The molecule has 4 nitrogen and oxygen atoms in total. The van der Waals surface area contributed by atoms with Crippen LogP contribution in [0.15, 0.2) is 54.6 Å². The third-order valence-electron chi connectivity index (χ3n) is 3.46. The number of nitrogens with zero attached hydrogens (tertiary/aromatic N) is 1. The molecule has 0 saturated heterocycles. The summed E-state index contributed by atoms with van der Waals surface area (Å²) in [5, 5.41) is 13.4. The number of halogens is 1. The fraction of sp³-hybridized carbons (Fsp3) is 0.278. The first-order valence-electron chi connectivity index (χ1n) is 7.47. The van der Waals surface area contributed by atoms with E-state index in [1.54, 1.807) is 24.3 Å². The van der Waals surface area contributed by atoms with Gasteiger partial charge in [0.1, 0.15) is 0 Å². The highest BCUT2D eigenvalue weighted by Gasteiger charge is 2.11. The van der Waals surface area contributed by atoms with Gasteiger partial charge in [-0.3, -0.25) is 9.69 Å². The summed E-state index contributed by atoms with van der Waals surface area (Å²) in [6.07, 6.45) is -0.740.